The number of amides is 2. The highest BCUT2D eigenvalue weighted by atomic mass is 35.5. The highest BCUT2D eigenvalue weighted by Gasteiger charge is 2.30. The Morgan fingerprint density at radius 2 is 1.70 bits per heavy atom. The predicted molar refractivity (Wildman–Crippen MR) is 140 cm³/mol. The van der Waals surface area contributed by atoms with Crippen molar-refractivity contribution in [2.45, 2.75) is 70.0 Å². The van der Waals surface area contributed by atoms with Crippen molar-refractivity contribution in [3.63, 3.8) is 0 Å². The van der Waals surface area contributed by atoms with Gasteiger partial charge < -0.3 is 10.2 Å². The Morgan fingerprint density at radius 1 is 1.03 bits per heavy atom. The lowest BCUT2D eigenvalue weighted by Crippen LogP contribution is -2.53. The Hall–Kier alpha value is -1.40. The molecule has 1 unspecified atom stereocenters. The topological polar surface area (TPSA) is 49.4 Å². The van der Waals surface area contributed by atoms with Gasteiger partial charge in [0.15, 0.2) is 0 Å². The molecule has 2 aromatic rings. The van der Waals surface area contributed by atoms with Gasteiger partial charge in [-0.25, -0.2) is 0 Å². The minimum Gasteiger partial charge on any atom is -0.350 e. The number of benzene rings is 2. The van der Waals surface area contributed by atoms with Crippen LogP contribution >= 0.6 is 46.6 Å². The van der Waals surface area contributed by atoms with Crippen LogP contribution in [0.5, 0.6) is 0 Å². The van der Waals surface area contributed by atoms with Crippen LogP contribution in [-0.2, 0) is 16.1 Å². The third-order valence-electron chi connectivity index (χ3n) is 4.84. The summed E-state index contributed by atoms with van der Waals surface area (Å²) in [4.78, 5) is 29.1. The summed E-state index contributed by atoms with van der Waals surface area (Å²) < 4.78 is 0. The average molecular weight is 530 g/mol. The molecule has 0 heterocycles. The van der Waals surface area contributed by atoms with Gasteiger partial charge in [0, 0.05) is 28.4 Å². The van der Waals surface area contributed by atoms with Crippen LogP contribution < -0.4 is 5.32 Å². The van der Waals surface area contributed by atoms with Gasteiger partial charge in [-0.2, -0.15) is 0 Å². The van der Waals surface area contributed by atoms with E-state index in [1.165, 1.54) is 0 Å². The second-order valence-corrected chi connectivity index (χ2v) is 11.3. The van der Waals surface area contributed by atoms with Gasteiger partial charge >= 0.3 is 0 Å². The normalized spacial score (nSPS) is 12.3. The van der Waals surface area contributed by atoms with Crippen LogP contribution in [0.3, 0.4) is 0 Å². The minimum atomic E-state index is -0.574. The Bertz CT molecular complexity index is 946. The number of nitrogens with one attached hydrogen (secondary N) is 1. The number of hydrogen-bond acceptors (Lipinski definition) is 3. The summed E-state index contributed by atoms with van der Waals surface area (Å²) in [6, 6.07) is 12.4. The molecule has 1 atom stereocenters. The van der Waals surface area contributed by atoms with Crippen LogP contribution in [0.2, 0.25) is 15.1 Å². The van der Waals surface area contributed by atoms with E-state index in [1.54, 1.807) is 28.8 Å². The molecule has 8 heteroatoms. The molecule has 4 nitrogen and oxygen atoms in total. The molecule has 0 fully saturated rings. The van der Waals surface area contributed by atoms with Gasteiger partial charge in [-0.3, -0.25) is 9.59 Å². The van der Waals surface area contributed by atoms with Crippen LogP contribution in [-0.4, -0.2) is 34.0 Å². The number of nitrogens with zero attached hydrogens (tertiary/aromatic N) is 1. The van der Waals surface area contributed by atoms with Crippen LogP contribution in [0.15, 0.2) is 47.4 Å². The Kier molecular flexibility index (Phi) is 10.9. The number of rotatable bonds is 10. The van der Waals surface area contributed by atoms with E-state index in [9.17, 15) is 9.59 Å². The average Bonchev–Trinajstić information content (AvgIpc) is 2.73. The Balaban J connectivity index is 2.11. The number of halogens is 3. The first-order chi connectivity index (χ1) is 15.5. The maximum absolute atomic E-state index is 13.3. The third-order valence-corrected chi connectivity index (χ3v) is 6.93. The van der Waals surface area contributed by atoms with E-state index in [0.29, 0.717) is 34.3 Å². The van der Waals surface area contributed by atoms with E-state index in [-0.39, 0.29) is 18.4 Å². The summed E-state index contributed by atoms with van der Waals surface area (Å²) in [7, 11) is 0. The standard InChI is InChI=1S/C25H31Cl3N2O2S/c1-5-22(24(32)29-25(2,3)4)30(16-17-8-13-20(27)21(28)15-17)23(31)7-6-14-33-19-11-9-18(26)10-12-19/h8-13,15,22H,5-7,14,16H2,1-4H3,(H,29,32). The number of carbonyl (C=O) groups is 2. The molecule has 1 N–H and O–H groups in total. The Labute approximate surface area is 216 Å². The number of thioether (sulfide) groups is 1. The lowest BCUT2D eigenvalue weighted by Gasteiger charge is -2.33. The molecule has 180 valence electrons. The summed E-state index contributed by atoms with van der Waals surface area (Å²) in [6.07, 6.45) is 1.55. The van der Waals surface area contributed by atoms with Gasteiger partial charge in [-0.15, -0.1) is 11.8 Å². The number of hydrogen-bond donors (Lipinski definition) is 1. The van der Waals surface area contributed by atoms with Crippen molar-refractivity contribution in [1.82, 2.24) is 10.2 Å². The molecular formula is C25H31Cl3N2O2S. The van der Waals surface area contributed by atoms with Crippen LogP contribution in [0.4, 0.5) is 0 Å². The fraction of sp³-hybridized carbons (Fsp3) is 0.440. The van der Waals surface area contributed by atoms with Crippen LogP contribution in [0.25, 0.3) is 0 Å². The molecule has 0 aliphatic carbocycles. The summed E-state index contributed by atoms with van der Waals surface area (Å²) >= 11 is 19.8. The smallest absolute Gasteiger partial charge is 0.243 e. The maximum atomic E-state index is 13.3. The largest absolute Gasteiger partial charge is 0.350 e. The molecule has 0 bridgehead atoms. The van der Waals surface area contributed by atoms with Gasteiger partial charge in [-0.1, -0.05) is 47.8 Å². The van der Waals surface area contributed by atoms with Crippen molar-refractivity contribution in [1.29, 1.82) is 0 Å². The number of carbonyl (C=O) groups excluding carboxylic acids is 2. The van der Waals surface area contributed by atoms with Crippen LogP contribution in [0.1, 0.15) is 52.5 Å². The van der Waals surface area contributed by atoms with Gasteiger partial charge in [0.1, 0.15) is 6.04 Å². The predicted octanol–water partition coefficient (Wildman–Crippen LogP) is 7.24. The van der Waals surface area contributed by atoms with E-state index in [0.717, 1.165) is 16.2 Å². The summed E-state index contributed by atoms with van der Waals surface area (Å²) in [5, 5.41) is 4.59. The minimum absolute atomic E-state index is 0.0614. The second-order valence-electron chi connectivity index (χ2n) is 8.84. The van der Waals surface area contributed by atoms with Crippen molar-refractivity contribution < 1.29 is 9.59 Å². The van der Waals surface area contributed by atoms with Gasteiger partial charge in [-0.05, 0) is 81.3 Å². The molecule has 0 aromatic heterocycles. The molecule has 2 rings (SSSR count). The monoisotopic (exact) mass is 528 g/mol. The van der Waals surface area contributed by atoms with Crippen LogP contribution in [0, 0.1) is 0 Å². The Morgan fingerprint density at radius 3 is 2.27 bits per heavy atom. The van der Waals surface area contributed by atoms with E-state index in [1.807, 2.05) is 58.0 Å². The zero-order valence-electron chi connectivity index (χ0n) is 19.5. The second kappa shape index (κ2) is 12.9. The van der Waals surface area contributed by atoms with E-state index in [4.69, 9.17) is 34.8 Å². The molecule has 33 heavy (non-hydrogen) atoms. The fourth-order valence-corrected chi connectivity index (χ4v) is 4.59. The van der Waals surface area contributed by atoms with E-state index in [2.05, 4.69) is 5.32 Å². The first-order valence-electron chi connectivity index (χ1n) is 10.9. The maximum Gasteiger partial charge on any atom is 0.243 e. The summed E-state index contributed by atoms with van der Waals surface area (Å²) in [5.41, 5.74) is 0.438. The summed E-state index contributed by atoms with van der Waals surface area (Å²) in [5.74, 6) is 0.571. The van der Waals surface area contributed by atoms with Crippen molar-refractivity contribution in [2.75, 3.05) is 5.75 Å². The van der Waals surface area contributed by atoms with Crippen molar-refractivity contribution in [3.05, 3.63) is 63.1 Å². The van der Waals surface area contributed by atoms with Crippen molar-refractivity contribution >= 4 is 58.4 Å². The molecule has 0 aliphatic rings. The van der Waals surface area contributed by atoms with E-state index >= 15 is 0 Å². The van der Waals surface area contributed by atoms with Crippen molar-refractivity contribution in [3.8, 4) is 0 Å². The molecule has 0 spiro atoms. The lowest BCUT2D eigenvalue weighted by atomic mass is 10.0. The first-order valence-corrected chi connectivity index (χ1v) is 13.1. The first kappa shape index (κ1) is 27.8. The highest BCUT2D eigenvalue weighted by molar-refractivity contribution is 7.99. The zero-order chi connectivity index (χ0) is 24.6. The molecule has 2 amide bonds. The quantitative estimate of drug-likeness (QED) is 0.261. The summed E-state index contributed by atoms with van der Waals surface area (Å²) in [6.45, 7) is 7.98. The third kappa shape index (κ3) is 9.40. The molecular weight excluding hydrogens is 499 g/mol. The molecule has 2 aromatic carbocycles. The van der Waals surface area contributed by atoms with Crippen molar-refractivity contribution in [2.24, 2.45) is 0 Å². The van der Waals surface area contributed by atoms with Gasteiger partial charge in [0.25, 0.3) is 0 Å². The SMILES string of the molecule is CCC(C(=O)NC(C)(C)C)N(Cc1ccc(Cl)c(Cl)c1)C(=O)CCCSc1ccc(Cl)cc1. The molecule has 0 radical (unpaired) electrons. The zero-order valence-corrected chi connectivity index (χ0v) is 22.5. The molecule has 0 saturated heterocycles. The fourth-order valence-electron chi connectivity index (χ4n) is 3.29. The highest BCUT2D eigenvalue weighted by Crippen LogP contribution is 2.25. The molecule has 0 aliphatic heterocycles. The van der Waals surface area contributed by atoms with Gasteiger partial charge in [0.05, 0.1) is 10.0 Å². The van der Waals surface area contributed by atoms with Gasteiger partial charge in [0.2, 0.25) is 11.8 Å². The van der Waals surface area contributed by atoms with E-state index < -0.39 is 11.6 Å². The molecule has 0 saturated carbocycles. The lowest BCUT2D eigenvalue weighted by molar-refractivity contribution is -0.142.